The van der Waals surface area contributed by atoms with Crippen LogP contribution in [0.1, 0.15) is 75.8 Å². The first-order valence-corrected chi connectivity index (χ1v) is 12.3. The molecule has 2 aromatic carbocycles. The third-order valence-corrected chi connectivity index (χ3v) is 6.71. The van der Waals surface area contributed by atoms with Crippen molar-refractivity contribution in [2.45, 2.75) is 83.9 Å². The third kappa shape index (κ3) is 8.07. The van der Waals surface area contributed by atoms with Gasteiger partial charge in [0, 0.05) is 0 Å². The van der Waals surface area contributed by atoms with E-state index in [1.807, 2.05) is 0 Å². The average molecular weight is 503 g/mol. The monoisotopic (exact) mass is 502 g/mol. The van der Waals surface area contributed by atoms with Crippen molar-refractivity contribution in [3.63, 3.8) is 0 Å². The second-order valence-corrected chi connectivity index (χ2v) is 9.32. The fourth-order valence-corrected chi connectivity index (χ4v) is 4.80. The van der Waals surface area contributed by atoms with Gasteiger partial charge in [-0.05, 0) is 66.6 Å². The second kappa shape index (κ2) is 12.5. The third-order valence-electron chi connectivity index (χ3n) is 6.71. The van der Waals surface area contributed by atoms with Crippen molar-refractivity contribution in [2.75, 3.05) is 0 Å². The number of benzene rings is 2. The van der Waals surface area contributed by atoms with Crippen LogP contribution in [0.25, 0.3) is 0 Å². The fourth-order valence-electron chi connectivity index (χ4n) is 4.80. The number of aryl methyl sites for hydroxylation is 1. The summed E-state index contributed by atoms with van der Waals surface area (Å²) in [6.45, 7) is -0.881. The van der Waals surface area contributed by atoms with Gasteiger partial charge in [0.05, 0.1) is 0 Å². The van der Waals surface area contributed by atoms with Gasteiger partial charge in [-0.1, -0.05) is 58.3 Å². The zero-order valence-electron chi connectivity index (χ0n) is 19.9. The minimum atomic E-state index is -4.30. The summed E-state index contributed by atoms with van der Waals surface area (Å²) in [5.41, 5.74) is -1.15. The zero-order chi connectivity index (χ0) is 25.4. The average Bonchev–Trinajstić information content (AvgIpc) is 2.79. The maximum Gasteiger partial charge on any atom is 0.432 e. The molecule has 0 bridgehead atoms. The summed E-state index contributed by atoms with van der Waals surface area (Å²) in [5, 5.41) is 0. The molecule has 0 atom stereocenters. The van der Waals surface area contributed by atoms with Gasteiger partial charge in [0.15, 0.2) is 0 Å². The molecule has 1 aliphatic rings. The number of unbranched alkanes of at least 4 members (excludes halogenated alkanes) is 2. The van der Waals surface area contributed by atoms with Crippen LogP contribution >= 0.6 is 0 Å². The minimum Gasteiger partial charge on any atom is -0.435 e. The van der Waals surface area contributed by atoms with Gasteiger partial charge in [-0.15, -0.1) is 0 Å². The smallest absolute Gasteiger partial charge is 0.432 e. The van der Waals surface area contributed by atoms with E-state index in [9.17, 15) is 26.3 Å². The Morgan fingerprint density at radius 3 is 1.94 bits per heavy atom. The van der Waals surface area contributed by atoms with Crippen molar-refractivity contribution in [3.8, 4) is 11.5 Å². The van der Waals surface area contributed by atoms with Crippen LogP contribution in [0.5, 0.6) is 11.5 Å². The Morgan fingerprint density at radius 1 is 0.857 bits per heavy atom. The largest absolute Gasteiger partial charge is 0.435 e. The van der Waals surface area contributed by atoms with Crippen LogP contribution in [-0.4, -0.2) is 6.61 Å². The number of ether oxygens (including phenoxy) is 2. The summed E-state index contributed by atoms with van der Waals surface area (Å²) in [6, 6.07) is 5.76. The lowest BCUT2D eigenvalue weighted by atomic mass is 9.78. The lowest BCUT2D eigenvalue weighted by Gasteiger charge is -2.28. The van der Waals surface area contributed by atoms with E-state index < -0.39 is 35.7 Å². The highest BCUT2D eigenvalue weighted by molar-refractivity contribution is 5.33. The number of rotatable bonds is 12. The molecule has 2 nitrogen and oxygen atoms in total. The summed E-state index contributed by atoms with van der Waals surface area (Å²) in [6.07, 6.45) is 6.42. The highest BCUT2D eigenvalue weighted by Gasteiger charge is 2.41. The molecule has 0 radical (unpaired) electrons. The standard InChI is InChI=1S/C27H32F6O2/c1-2-3-4-5-18-6-8-19(9-7-18)10-11-20-16-23(28)25(24(29)17-20)27(32,33)35-22-14-12-21(13-15-22)34-26(30)31/h12-19,26H,2-11H2,1H3. The van der Waals surface area contributed by atoms with E-state index in [4.69, 9.17) is 0 Å². The molecule has 0 saturated heterocycles. The summed E-state index contributed by atoms with van der Waals surface area (Å²) in [7, 11) is 0. The van der Waals surface area contributed by atoms with Gasteiger partial charge in [0.1, 0.15) is 28.7 Å². The molecule has 0 unspecified atom stereocenters. The maximum absolute atomic E-state index is 14.6. The zero-order valence-corrected chi connectivity index (χ0v) is 19.9. The van der Waals surface area contributed by atoms with E-state index in [0.29, 0.717) is 17.9 Å². The van der Waals surface area contributed by atoms with Gasteiger partial charge in [-0.2, -0.15) is 17.6 Å². The first kappa shape index (κ1) is 27.2. The highest BCUT2D eigenvalue weighted by atomic mass is 19.3. The van der Waals surface area contributed by atoms with Crippen LogP contribution < -0.4 is 9.47 Å². The van der Waals surface area contributed by atoms with Crippen LogP contribution in [-0.2, 0) is 12.5 Å². The Hall–Kier alpha value is -2.38. The molecule has 2 aromatic rings. The maximum atomic E-state index is 14.6. The van der Waals surface area contributed by atoms with Crippen molar-refractivity contribution >= 4 is 0 Å². The quantitative estimate of drug-likeness (QED) is 0.213. The first-order chi connectivity index (χ1) is 16.7. The molecule has 0 heterocycles. The van der Waals surface area contributed by atoms with Gasteiger partial charge in [0.25, 0.3) is 0 Å². The van der Waals surface area contributed by atoms with Gasteiger partial charge < -0.3 is 9.47 Å². The number of alkyl halides is 4. The molecule has 1 saturated carbocycles. The molecule has 0 amide bonds. The summed E-state index contributed by atoms with van der Waals surface area (Å²) in [4.78, 5) is 0. The summed E-state index contributed by atoms with van der Waals surface area (Å²) < 4.78 is 91.3. The molecule has 0 aromatic heterocycles. The van der Waals surface area contributed by atoms with Gasteiger partial charge in [-0.25, -0.2) is 8.78 Å². The lowest BCUT2D eigenvalue weighted by molar-refractivity contribution is -0.189. The van der Waals surface area contributed by atoms with Crippen molar-refractivity contribution in [2.24, 2.45) is 11.8 Å². The van der Waals surface area contributed by atoms with Crippen LogP contribution in [0.4, 0.5) is 26.3 Å². The van der Waals surface area contributed by atoms with Gasteiger partial charge in [-0.3, -0.25) is 0 Å². The SMILES string of the molecule is CCCCCC1CCC(CCc2cc(F)c(C(F)(F)Oc3ccc(OC(F)F)cc3)c(F)c2)CC1. The minimum absolute atomic E-state index is 0.262. The Kier molecular flexibility index (Phi) is 9.75. The molecule has 35 heavy (non-hydrogen) atoms. The number of halogens is 6. The molecule has 0 spiro atoms. The normalized spacial score (nSPS) is 18.6. The van der Waals surface area contributed by atoms with Crippen LogP contribution in [0.3, 0.4) is 0 Å². The predicted molar refractivity (Wildman–Crippen MR) is 122 cm³/mol. The highest BCUT2D eigenvalue weighted by Crippen LogP contribution is 2.37. The van der Waals surface area contributed by atoms with Crippen molar-refractivity contribution in [1.29, 1.82) is 0 Å². The second-order valence-electron chi connectivity index (χ2n) is 9.32. The summed E-state index contributed by atoms with van der Waals surface area (Å²) in [5.74, 6) is -2.25. The van der Waals surface area contributed by atoms with E-state index in [2.05, 4.69) is 16.4 Å². The van der Waals surface area contributed by atoms with E-state index in [0.717, 1.165) is 61.6 Å². The van der Waals surface area contributed by atoms with Crippen molar-refractivity contribution < 1.29 is 35.8 Å². The molecular formula is C27H32F6O2. The first-order valence-electron chi connectivity index (χ1n) is 12.3. The predicted octanol–water partition coefficient (Wildman–Crippen LogP) is 9.01. The molecule has 3 rings (SSSR count). The molecular weight excluding hydrogens is 470 g/mol. The van der Waals surface area contributed by atoms with Gasteiger partial charge >= 0.3 is 12.7 Å². The van der Waals surface area contributed by atoms with Crippen molar-refractivity contribution in [3.05, 3.63) is 59.2 Å². The van der Waals surface area contributed by atoms with E-state index in [1.54, 1.807) is 0 Å². The Morgan fingerprint density at radius 2 is 1.40 bits per heavy atom. The molecule has 0 N–H and O–H groups in total. The number of hydrogen-bond donors (Lipinski definition) is 0. The molecule has 1 aliphatic carbocycles. The Bertz CT molecular complexity index is 901. The Balaban J connectivity index is 1.57. The number of hydrogen-bond acceptors (Lipinski definition) is 2. The fraction of sp³-hybridized carbons (Fsp3) is 0.556. The summed E-state index contributed by atoms with van der Waals surface area (Å²) >= 11 is 0. The van der Waals surface area contributed by atoms with Crippen LogP contribution in [0.2, 0.25) is 0 Å². The van der Waals surface area contributed by atoms with E-state index in [-0.39, 0.29) is 5.75 Å². The van der Waals surface area contributed by atoms with Gasteiger partial charge in [0.2, 0.25) is 0 Å². The topological polar surface area (TPSA) is 18.5 Å². The van der Waals surface area contributed by atoms with Crippen LogP contribution in [0.15, 0.2) is 36.4 Å². The van der Waals surface area contributed by atoms with E-state index in [1.165, 1.54) is 38.5 Å². The molecule has 1 fully saturated rings. The Labute approximate surface area is 202 Å². The van der Waals surface area contributed by atoms with Crippen molar-refractivity contribution in [1.82, 2.24) is 0 Å². The molecule has 0 aliphatic heterocycles. The van der Waals surface area contributed by atoms with Crippen LogP contribution in [0, 0.1) is 23.5 Å². The lowest BCUT2D eigenvalue weighted by Crippen LogP contribution is -2.25. The molecule has 8 heteroatoms. The van der Waals surface area contributed by atoms with E-state index >= 15 is 0 Å². The molecule has 194 valence electrons.